The molecule has 2 aromatic carbocycles. The Morgan fingerprint density at radius 3 is 2.55 bits per heavy atom. The predicted molar refractivity (Wildman–Crippen MR) is 122 cm³/mol. The molecule has 0 aromatic heterocycles. The topological polar surface area (TPSA) is 81.7 Å². The van der Waals surface area contributed by atoms with E-state index in [0.29, 0.717) is 16.3 Å². The minimum atomic E-state index is -0.341. The van der Waals surface area contributed by atoms with Gasteiger partial charge in [-0.15, -0.1) is 5.73 Å². The summed E-state index contributed by atoms with van der Waals surface area (Å²) in [5.74, 6) is -0.840. The Labute approximate surface area is 186 Å². The van der Waals surface area contributed by atoms with E-state index in [2.05, 4.69) is 22.9 Å². The van der Waals surface area contributed by atoms with Gasteiger partial charge in [0.25, 0.3) is 5.91 Å². The number of nitrogens with one attached hydrogen (secondary N) is 2. The maximum atomic E-state index is 12.6. The molecule has 1 unspecified atom stereocenters. The van der Waals surface area contributed by atoms with Gasteiger partial charge in [0.2, 0.25) is 5.78 Å². The summed E-state index contributed by atoms with van der Waals surface area (Å²) >= 11 is 6.13. The summed E-state index contributed by atoms with van der Waals surface area (Å²) in [7, 11) is 3.20. The number of halogens is 1. The average Bonchev–Trinajstić information content (AvgIpc) is 2.75. The number of phenols is 1. The van der Waals surface area contributed by atoms with Crippen molar-refractivity contribution in [1.29, 1.82) is 0 Å². The zero-order valence-electron chi connectivity index (χ0n) is 17.6. The first-order valence-corrected chi connectivity index (χ1v) is 10.2. The van der Waals surface area contributed by atoms with Crippen LogP contribution < -0.4 is 10.6 Å². The van der Waals surface area contributed by atoms with Gasteiger partial charge in [-0.1, -0.05) is 43.3 Å². The molecule has 0 saturated carbocycles. The molecule has 31 heavy (non-hydrogen) atoms. The normalized spacial score (nSPS) is 13.9. The Kier molecular flexibility index (Phi) is 6.54. The van der Waals surface area contributed by atoms with Gasteiger partial charge in [-0.05, 0) is 36.2 Å². The monoisotopic (exact) mass is 437 g/mol. The van der Waals surface area contributed by atoms with Gasteiger partial charge in [-0.25, -0.2) is 0 Å². The molecule has 7 heteroatoms. The van der Waals surface area contributed by atoms with Gasteiger partial charge in [-0.2, -0.15) is 0 Å². The summed E-state index contributed by atoms with van der Waals surface area (Å²) in [6.07, 6.45) is 0.744. The molecule has 3 rings (SSSR count). The molecule has 1 aliphatic rings. The number of nitrogens with zero attached hydrogens (tertiary/aromatic N) is 1. The number of rotatable bonds is 7. The van der Waals surface area contributed by atoms with Crippen LogP contribution in [0.3, 0.4) is 0 Å². The van der Waals surface area contributed by atoms with Gasteiger partial charge in [-0.3, -0.25) is 9.59 Å². The standard InChI is InChI=1S/C24H24ClN3O3/c1-5-16-20(26-18(6-2)14-9-7-10-15(25)13-14)21(23(16)30)27-19-12-8-11-17(22(19)29)24(31)28(3)4/h7-13,18,26-27,29H,1,6H2,2-4H3. The smallest absolute Gasteiger partial charge is 0.257 e. The lowest BCUT2D eigenvalue weighted by atomic mass is 9.90. The molecule has 2 aromatic rings. The Morgan fingerprint density at radius 1 is 1.23 bits per heavy atom. The number of carbonyl (C=O) groups excluding carboxylic acids is 2. The fraction of sp³-hybridized carbons (Fsp3) is 0.208. The lowest BCUT2D eigenvalue weighted by molar-refractivity contribution is -0.113. The van der Waals surface area contributed by atoms with Crippen molar-refractivity contribution < 1.29 is 14.7 Å². The first-order chi connectivity index (χ1) is 14.8. The van der Waals surface area contributed by atoms with Gasteiger partial charge >= 0.3 is 0 Å². The molecule has 0 heterocycles. The summed E-state index contributed by atoms with van der Waals surface area (Å²) in [4.78, 5) is 26.3. The van der Waals surface area contributed by atoms with Crippen molar-refractivity contribution in [2.24, 2.45) is 0 Å². The van der Waals surface area contributed by atoms with E-state index in [4.69, 9.17) is 11.6 Å². The van der Waals surface area contributed by atoms with Crippen LogP contribution in [0.1, 0.15) is 35.3 Å². The Hall–Kier alpha value is -3.47. The lowest BCUT2D eigenvalue weighted by Gasteiger charge is -2.30. The zero-order valence-corrected chi connectivity index (χ0v) is 18.4. The number of Topliss-reactive ketones (excluding diaryl/α,β-unsaturated/α-hetero) is 1. The molecule has 0 bridgehead atoms. The number of phenolic OH excluding ortho intramolecular Hbond substituents is 1. The number of hydrogen-bond acceptors (Lipinski definition) is 5. The van der Waals surface area contributed by atoms with Crippen LogP contribution >= 0.6 is 11.6 Å². The molecule has 0 aliphatic heterocycles. The van der Waals surface area contributed by atoms with Crippen LogP contribution in [0.2, 0.25) is 5.02 Å². The number of ketones is 1. The largest absolute Gasteiger partial charge is 0.505 e. The minimum absolute atomic E-state index is 0.0998. The Bertz CT molecular complexity index is 1130. The highest BCUT2D eigenvalue weighted by Crippen LogP contribution is 2.36. The van der Waals surface area contributed by atoms with Crippen LogP contribution in [-0.2, 0) is 4.79 Å². The van der Waals surface area contributed by atoms with Gasteiger partial charge in [0.05, 0.1) is 28.6 Å². The second-order valence-corrected chi connectivity index (χ2v) is 7.75. The van der Waals surface area contributed by atoms with Crippen molar-refractivity contribution in [1.82, 2.24) is 10.2 Å². The van der Waals surface area contributed by atoms with Crippen LogP contribution in [0.15, 0.2) is 71.7 Å². The quantitative estimate of drug-likeness (QED) is 0.339. The van der Waals surface area contributed by atoms with Crippen molar-refractivity contribution in [3.8, 4) is 5.75 Å². The van der Waals surface area contributed by atoms with E-state index in [1.54, 1.807) is 32.3 Å². The van der Waals surface area contributed by atoms with E-state index < -0.39 is 0 Å². The van der Waals surface area contributed by atoms with Crippen molar-refractivity contribution >= 4 is 29.0 Å². The molecule has 1 atom stereocenters. The van der Waals surface area contributed by atoms with Gasteiger partial charge in [0.1, 0.15) is 5.70 Å². The first-order valence-electron chi connectivity index (χ1n) is 9.80. The average molecular weight is 438 g/mol. The molecule has 6 nitrogen and oxygen atoms in total. The van der Waals surface area contributed by atoms with E-state index in [1.165, 1.54) is 11.0 Å². The molecular formula is C24H24ClN3O3. The Morgan fingerprint density at radius 2 is 1.94 bits per heavy atom. The number of aromatic hydroxyl groups is 1. The molecule has 3 N–H and O–H groups in total. The fourth-order valence-corrected chi connectivity index (χ4v) is 3.56. The van der Waals surface area contributed by atoms with E-state index in [0.717, 1.165) is 12.0 Å². The van der Waals surface area contributed by atoms with Gasteiger partial charge in [0, 0.05) is 19.1 Å². The first kappa shape index (κ1) is 22.2. The summed E-state index contributed by atoms with van der Waals surface area (Å²) in [6.45, 7) is 5.63. The number of carbonyl (C=O) groups is 2. The van der Waals surface area contributed by atoms with Crippen LogP contribution in [0.5, 0.6) is 5.75 Å². The highest BCUT2D eigenvalue weighted by atomic mass is 35.5. The van der Waals surface area contributed by atoms with Crippen molar-refractivity contribution in [3.63, 3.8) is 0 Å². The van der Waals surface area contributed by atoms with Crippen LogP contribution in [-0.4, -0.2) is 35.8 Å². The second-order valence-electron chi connectivity index (χ2n) is 7.32. The summed E-state index contributed by atoms with van der Waals surface area (Å²) in [5, 5.41) is 17.6. The number of benzene rings is 2. The summed E-state index contributed by atoms with van der Waals surface area (Å²) < 4.78 is 0. The van der Waals surface area contributed by atoms with Crippen LogP contribution in [0.25, 0.3) is 0 Å². The number of allylic oxidation sites excluding steroid dienone is 2. The molecule has 1 aliphatic carbocycles. The molecule has 0 radical (unpaired) electrons. The maximum absolute atomic E-state index is 12.6. The third-order valence-corrected chi connectivity index (χ3v) is 5.28. The van der Waals surface area contributed by atoms with Crippen molar-refractivity contribution in [2.75, 3.05) is 19.4 Å². The maximum Gasteiger partial charge on any atom is 0.257 e. The van der Waals surface area contributed by atoms with E-state index in [1.807, 2.05) is 25.1 Å². The Balaban J connectivity index is 1.96. The van der Waals surface area contributed by atoms with Gasteiger partial charge < -0.3 is 20.6 Å². The SMILES string of the molecule is C=C=C1C(=O)C(Nc2cccc(C(=O)N(C)C)c2O)=C1NC(CC)c1cccc(Cl)c1. The second kappa shape index (κ2) is 9.13. The summed E-state index contributed by atoms with van der Waals surface area (Å²) in [6, 6.07) is 12.2. The number of anilines is 1. The third-order valence-electron chi connectivity index (χ3n) is 5.04. The zero-order chi connectivity index (χ0) is 22.7. The van der Waals surface area contributed by atoms with Crippen molar-refractivity contribution in [2.45, 2.75) is 19.4 Å². The van der Waals surface area contributed by atoms with Crippen LogP contribution in [0.4, 0.5) is 5.69 Å². The number of amides is 1. The third kappa shape index (κ3) is 4.36. The number of para-hydroxylation sites is 1. The molecule has 1 amide bonds. The van der Waals surface area contributed by atoms with E-state index in [9.17, 15) is 14.7 Å². The molecular weight excluding hydrogens is 414 g/mol. The molecule has 0 fully saturated rings. The highest BCUT2D eigenvalue weighted by molar-refractivity contribution is 6.30. The lowest BCUT2D eigenvalue weighted by Crippen LogP contribution is -2.36. The molecule has 160 valence electrons. The number of hydrogen-bond donors (Lipinski definition) is 3. The molecule has 0 saturated heterocycles. The van der Waals surface area contributed by atoms with Gasteiger partial charge in [0.15, 0.2) is 5.75 Å². The predicted octanol–water partition coefficient (Wildman–Crippen LogP) is 4.41. The van der Waals surface area contributed by atoms with E-state index in [-0.39, 0.29) is 40.4 Å². The minimum Gasteiger partial charge on any atom is -0.505 e. The highest BCUT2D eigenvalue weighted by Gasteiger charge is 2.35. The van der Waals surface area contributed by atoms with Crippen molar-refractivity contribution in [3.05, 3.63) is 87.9 Å². The fourth-order valence-electron chi connectivity index (χ4n) is 3.36. The van der Waals surface area contributed by atoms with E-state index >= 15 is 0 Å². The van der Waals surface area contributed by atoms with Crippen LogP contribution in [0, 0.1) is 0 Å². The summed E-state index contributed by atoms with van der Waals surface area (Å²) in [5.41, 5.74) is 5.21. The molecule has 0 spiro atoms.